The van der Waals surface area contributed by atoms with Crippen LogP contribution in [0.1, 0.15) is 5.69 Å². The minimum absolute atomic E-state index is 0. The van der Waals surface area contributed by atoms with Gasteiger partial charge in [-0.05, 0) is 61.5 Å². The normalized spacial score (nSPS) is 9.82. The summed E-state index contributed by atoms with van der Waals surface area (Å²) < 4.78 is 0. The van der Waals surface area contributed by atoms with Gasteiger partial charge >= 0.3 is 19.5 Å². The molecule has 0 saturated carbocycles. The smallest absolute Gasteiger partial charge is 1.00 e. The Hall–Kier alpha value is -1.95. The third-order valence-corrected chi connectivity index (χ3v) is 11.1. The molecule has 5 rings (SSSR count). The van der Waals surface area contributed by atoms with Gasteiger partial charge < -0.3 is 30.5 Å². The van der Waals surface area contributed by atoms with Gasteiger partial charge in [-0.25, -0.2) is 0 Å². The van der Waals surface area contributed by atoms with Crippen molar-refractivity contribution in [3.8, 4) is 0 Å². The molecule has 0 aliphatic carbocycles. The second-order valence-corrected chi connectivity index (χ2v) is 12.8. The van der Waals surface area contributed by atoms with Crippen LogP contribution in [-0.2, 0) is 26.0 Å². The van der Waals surface area contributed by atoms with Crippen molar-refractivity contribution in [3.63, 3.8) is 0 Å². The molecule has 0 amide bonds. The van der Waals surface area contributed by atoms with Gasteiger partial charge in [-0.15, -0.1) is 0 Å². The Labute approximate surface area is 261 Å². The Bertz CT molecular complexity index is 1110. The van der Waals surface area contributed by atoms with Crippen LogP contribution in [0.15, 0.2) is 146 Å². The Morgan fingerprint density at radius 2 is 0.769 bits per heavy atom. The number of hydrogen-bond acceptors (Lipinski definition) is 2. The van der Waals surface area contributed by atoms with Crippen molar-refractivity contribution in [2.45, 2.75) is 6.54 Å². The predicted molar refractivity (Wildman–Crippen MR) is 160 cm³/mol. The molecule has 0 saturated heterocycles. The summed E-state index contributed by atoms with van der Waals surface area (Å²) in [5.41, 5.74) is 6.22. The van der Waals surface area contributed by atoms with Gasteiger partial charge in [0.15, 0.2) is 0 Å². The molecule has 202 valence electrons. The van der Waals surface area contributed by atoms with Crippen molar-refractivity contribution < 1.29 is 44.3 Å². The number of hydrogen-bond donors (Lipinski definition) is 1. The molecule has 0 unspecified atom stereocenters. The van der Waals surface area contributed by atoms with Gasteiger partial charge in [0.05, 0.1) is 5.69 Å². The Morgan fingerprint density at radius 1 is 0.462 bits per heavy atom. The van der Waals surface area contributed by atoms with Crippen LogP contribution in [0.2, 0.25) is 0 Å². The summed E-state index contributed by atoms with van der Waals surface area (Å²) in [7, 11) is -0.696. The van der Waals surface area contributed by atoms with Crippen LogP contribution in [0.5, 0.6) is 0 Å². The zero-order valence-corrected chi connectivity index (χ0v) is 26.5. The summed E-state index contributed by atoms with van der Waals surface area (Å²) in [6.07, 6.45) is 4.15. The largest absolute Gasteiger partial charge is 2.00 e. The number of pyridine rings is 1. The SMILES string of the molecule is NCc1ccccn1.[Cl-].[Cl-].[Ru+2].c1ccc(P(CCP(c2ccccc2)c2ccccc2)c2ccccc2)cc1. The number of nitrogens with zero attached hydrogens (tertiary/aromatic N) is 1. The van der Waals surface area contributed by atoms with Crippen molar-refractivity contribution >= 4 is 37.1 Å². The molecule has 1 aromatic heterocycles. The standard InChI is InChI=1S/C26H24P2.C6H8N2.2ClH.Ru/c1-5-13-23(14-6-1)27(24-15-7-2-8-16-24)21-22-28(25-17-9-3-10-18-25)26-19-11-4-12-20-26;7-5-6-3-1-2-4-8-6;;;/h1-20H,21-22H2;1-4H,5,7H2;2*1H;/q;;;;+2/p-2. The van der Waals surface area contributed by atoms with Crippen molar-refractivity contribution in [2.24, 2.45) is 5.73 Å². The van der Waals surface area contributed by atoms with Gasteiger partial charge in [-0.3, -0.25) is 4.98 Å². The minimum Gasteiger partial charge on any atom is -1.00 e. The summed E-state index contributed by atoms with van der Waals surface area (Å²) in [5, 5.41) is 5.89. The fourth-order valence-electron chi connectivity index (χ4n) is 3.97. The van der Waals surface area contributed by atoms with E-state index >= 15 is 0 Å². The molecule has 5 aromatic rings. The number of rotatable bonds is 8. The second-order valence-electron chi connectivity index (χ2n) is 8.17. The van der Waals surface area contributed by atoms with E-state index < -0.39 is 0 Å². The zero-order valence-electron chi connectivity index (χ0n) is 21.5. The molecular weight excluding hydrogens is 646 g/mol. The molecule has 2 nitrogen and oxygen atoms in total. The van der Waals surface area contributed by atoms with Crippen molar-refractivity contribution in [2.75, 3.05) is 12.3 Å². The molecular formula is C32H32Cl2N2P2Ru. The molecule has 0 radical (unpaired) electrons. The van der Waals surface area contributed by atoms with Crippen molar-refractivity contribution in [1.82, 2.24) is 4.98 Å². The second kappa shape index (κ2) is 20.0. The van der Waals surface area contributed by atoms with E-state index in [9.17, 15) is 0 Å². The fourth-order valence-corrected chi connectivity index (χ4v) is 9.32. The topological polar surface area (TPSA) is 38.9 Å². The molecule has 0 atom stereocenters. The van der Waals surface area contributed by atoms with E-state index in [-0.39, 0.29) is 60.1 Å². The van der Waals surface area contributed by atoms with E-state index in [1.807, 2.05) is 18.2 Å². The van der Waals surface area contributed by atoms with Gasteiger partial charge in [0.25, 0.3) is 0 Å². The van der Waals surface area contributed by atoms with E-state index in [4.69, 9.17) is 5.73 Å². The summed E-state index contributed by atoms with van der Waals surface area (Å²) in [6, 6.07) is 49.9. The summed E-state index contributed by atoms with van der Waals surface area (Å²) >= 11 is 0. The average molecular weight is 679 g/mol. The maximum Gasteiger partial charge on any atom is 2.00 e. The first-order valence-electron chi connectivity index (χ1n) is 12.2. The molecule has 39 heavy (non-hydrogen) atoms. The van der Waals surface area contributed by atoms with Gasteiger partial charge in [-0.1, -0.05) is 127 Å². The van der Waals surface area contributed by atoms with E-state index in [0.717, 1.165) is 5.69 Å². The molecule has 0 aliphatic rings. The summed E-state index contributed by atoms with van der Waals surface area (Å²) in [6.45, 7) is 0.529. The zero-order chi connectivity index (χ0) is 24.8. The minimum atomic E-state index is -0.348. The van der Waals surface area contributed by atoms with Gasteiger partial charge in [0.2, 0.25) is 0 Å². The third-order valence-electron chi connectivity index (χ3n) is 5.75. The Kier molecular flexibility index (Phi) is 18.0. The Morgan fingerprint density at radius 3 is 1.00 bits per heavy atom. The van der Waals surface area contributed by atoms with Crippen LogP contribution in [0.25, 0.3) is 0 Å². The number of halogens is 2. The van der Waals surface area contributed by atoms with E-state index in [2.05, 4.69) is 126 Å². The van der Waals surface area contributed by atoms with E-state index in [1.54, 1.807) is 6.20 Å². The van der Waals surface area contributed by atoms with Crippen LogP contribution in [0.3, 0.4) is 0 Å². The maximum atomic E-state index is 5.29. The molecule has 0 aliphatic heterocycles. The first-order valence-corrected chi connectivity index (χ1v) is 15.3. The van der Waals surface area contributed by atoms with Crippen molar-refractivity contribution in [3.05, 3.63) is 151 Å². The average Bonchev–Trinajstić information content (AvgIpc) is 2.98. The number of benzene rings is 4. The molecule has 0 fully saturated rings. The number of nitrogens with two attached hydrogens (primary N) is 1. The van der Waals surface area contributed by atoms with Crippen LogP contribution in [-0.4, -0.2) is 17.3 Å². The number of aromatic nitrogens is 1. The first-order chi connectivity index (χ1) is 17.8. The fraction of sp³-hybridized carbons (Fsp3) is 0.0938. The summed E-state index contributed by atoms with van der Waals surface area (Å²) in [5.74, 6) is 0. The van der Waals surface area contributed by atoms with Gasteiger partial charge in [0, 0.05) is 12.7 Å². The van der Waals surface area contributed by atoms with Gasteiger partial charge in [-0.2, -0.15) is 0 Å². The molecule has 4 aromatic carbocycles. The van der Waals surface area contributed by atoms with Gasteiger partial charge in [0.1, 0.15) is 0 Å². The predicted octanol–water partition coefficient (Wildman–Crippen LogP) is -0.202. The van der Waals surface area contributed by atoms with Crippen LogP contribution in [0, 0.1) is 0 Å². The van der Waals surface area contributed by atoms with E-state index in [1.165, 1.54) is 33.5 Å². The molecule has 0 spiro atoms. The van der Waals surface area contributed by atoms with Crippen LogP contribution < -0.4 is 51.8 Å². The van der Waals surface area contributed by atoms with Crippen molar-refractivity contribution in [1.29, 1.82) is 0 Å². The quantitative estimate of drug-likeness (QED) is 0.183. The molecule has 0 bridgehead atoms. The molecule has 1 heterocycles. The maximum absolute atomic E-state index is 5.29. The summed E-state index contributed by atoms with van der Waals surface area (Å²) in [4.78, 5) is 3.97. The third kappa shape index (κ3) is 11.2. The Balaban J connectivity index is 0.000000600. The van der Waals surface area contributed by atoms with Crippen LogP contribution >= 0.6 is 15.8 Å². The van der Waals surface area contributed by atoms with E-state index in [0.29, 0.717) is 6.54 Å². The molecule has 2 N–H and O–H groups in total. The first kappa shape index (κ1) is 35.1. The van der Waals surface area contributed by atoms with Crippen LogP contribution in [0.4, 0.5) is 0 Å². The molecule has 7 heteroatoms. The monoisotopic (exact) mass is 678 g/mol.